The van der Waals surface area contributed by atoms with Crippen LogP contribution in [0.4, 0.5) is 17.3 Å². The molecule has 0 saturated carbocycles. The first-order chi connectivity index (χ1) is 15.1. The van der Waals surface area contributed by atoms with E-state index < -0.39 is 0 Å². The number of aryl methyl sites for hydroxylation is 1. The van der Waals surface area contributed by atoms with Crippen LogP contribution >= 0.6 is 11.8 Å². The number of benzene rings is 2. The molecule has 0 saturated heterocycles. The Hall–Kier alpha value is -3.71. The van der Waals surface area contributed by atoms with Crippen LogP contribution in [0.2, 0.25) is 0 Å². The van der Waals surface area contributed by atoms with Gasteiger partial charge in [-0.1, -0.05) is 12.1 Å². The molecule has 1 amide bonds. The van der Waals surface area contributed by atoms with Gasteiger partial charge in [-0.05, 0) is 67.3 Å². The van der Waals surface area contributed by atoms with Crippen LogP contribution in [-0.4, -0.2) is 27.1 Å². The Balaban J connectivity index is 1.54. The number of carbonyl (C=O) groups excluding carboxylic acids is 1. The second kappa shape index (κ2) is 9.40. The number of carbonyl (C=O) groups is 1. The van der Waals surface area contributed by atoms with E-state index in [0.717, 1.165) is 27.4 Å². The van der Waals surface area contributed by atoms with Gasteiger partial charge in [0.15, 0.2) is 0 Å². The molecule has 2 aromatic heterocycles. The molecule has 2 heterocycles. The molecule has 0 spiro atoms. The lowest BCUT2D eigenvalue weighted by Crippen LogP contribution is -2.12. The first kappa shape index (κ1) is 20.6. The third-order valence-corrected chi connectivity index (χ3v) is 5.41. The van der Waals surface area contributed by atoms with Crippen molar-refractivity contribution in [3.63, 3.8) is 0 Å². The number of hydrogen-bond acceptors (Lipinski definition) is 6. The quantitative estimate of drug-likeness (QED) is 0.392. The summed E-state index contributed by atoms with van der Waals surface area (Å²) in [5, 5.41) is 6.22. The number of thioether (sulfide) groups is 1. The maximum Gasteiger partial charge on any atom is 0.255 e. The molecule has 0 bridgehead atoms. The third kappa shape index (κ3) is 5.07. The summed E-state index contributed by atoms with van der Waals surface area (Å²) in [6.07, 6.45) is 7.18. The number of pyridine rings is 1. The van der Waals surface area contributed by atoms with Crippen molar-refractivity contribution in [2.24, 2.45) is 0 Å². The van der Waals surface area contributed by atoms with Crippen LogP contribution in [0, 0.1) is 6.92 Å². The molecule has 0 aliphatic heterocycles. The Morgan fingerprint density at radius 3 is 2.71 bits per heavy atom. The average molecular weight is 428 g/mol. The standard InChI is InChI=1S/C24H21N5OS/c1-16-8-9-19(27-23(30)17-5-3-7-20(13-17)31-2)14-22(16)29-24-26-12-10-21(28-24)18-6-4-11-25-15-18/h3-15H,1-2H3,(H,27,30)(H,26,28,29). The zero-order chi connectivity index (χ0) is 21.6. The van der Waals surface area contributed by atoms with Crippen LogP contribution in [0.3, 0.4) is 0 Å². The molecule has 7 heteroatoms. The second-order valence-corrected chi connectivity index (χ2v) is 7.73. The highest BCUT2D eigenvalue weighted by Crippen LogP contribution is 2.25. The Labute approximate surface area is 185 Å². The third-order valence-electron chi connectivity index (χ3n) is 4.69. The van der Waals surface area contributed by atoms with Gasteiger partial charge in [-0.25, -0.2) is 9.97 Å². The minimum absolute atomic E-state index is 0.152. The van der Waals surface area contributed by atoms with Crippen LogP contribution in [0.25, 0.3) is 11.3 Å². The fourth-order valence-corrected chi connectivity index (χ4v) is 3.48. The van der Waals surface area contributed by atoms with E-state index in [1.807, 2.05) is 67.8 Å². The van der Waals surface area contributed by atoms with E-state index in [9.17, 15) is 4.79 Å². The first-order valence-corrected chi connectivity index (χ1v) is 10.9. The minimum atomic E-state index is -0.152. The first-order valence-electron chi connectivity index (χ1n) is 9.69. The summed E-state index contributed by atoms with van der Waals surface area (Å²) < 4.78 is 0. The molecule has 2 aromatic carbocycles. The van der Waals surface area contributed by atoms with Gasteiger partial charge in [0.05, 0.1) is 5.69 Å². The van der Waals surface area contributed by atoms with Gasteiger partial charge in [-0.2, -0.15) is 0 Å². The van der Waals surface area contributed by atoms with Gasteiger partial charge in [0.1, 0.15) is 0 Å². The molecule has 6 nitrogen and oxygen atoms in total. The molecule has 0 aliphatic carbocycles. The van der Waals surface area contributed by atoms with E-state index in [0.29, 0.717) is 17.2 Å². The molecule has 0 fully saturated rings. The highest BCUT2D eigenvalue weighted by atomic mass is 32.2. The van der Waals surface area contributed by atoms with Crippen molar-refractivity contribution >= 4 is 35.0 Å². The van der Waals surface area contributed by atoms with Crippen molar-refractivity contribution < 1.29 is 4.79 Å². The molecule has 0 unspecified atom stereocenters. The summed E-state index contributed by atoms with van der Waals surface area (Å²) in [4.78, 5) is 26.8. The zero-order valence-corrected chi connectivity index (χ0v) is 18.0. The Kier molecular flexibility index (Phi) is 6.24. The van der Waals surface area contributed by atoms with Gasteiger partial charge in [0.25, 0.3) is 5.91 Å². The van der Waals surface area contributed by atoms with Crippen LogP contribution < -0.4 is 10.6 Å². The smallest absolute Gasteiger partial charge is 0.255 e. The van der Waals surface area contributed by atoms with Crippen molar-refractivity contribution in [2.75, 3.05) is 16.9 Å². The summed E-state index contributed by atoms with van der Waals surface area (Å²) in [5.41, 5.74) is 4.84. The van der Waals surface area contributed by atoms with Gasteiger partial charge in [-0.3, -0.25) is 9.78 Å². The molecule has 2 N–H and O–H groups in total. The molecule has 4 aromatic rings. The number of anilines is 3. The molecule has 0 atom stereocenters. The molecule has 4 rings (SSSR count). The lowest BCUT2D eigenvalue weighted by molar-refractivity contribution is 0.102. The van der Waals surface area contributed by atoms with E-state index in [1.165, 1.54) is 0 Å². The topological polar surface area (TPSA) is 79.8 Å². The molecular formula is C24H21N5OS. The summed E-state index contributed by atoms with van der Waals surface area (Å²) in [6.45, 7) is 1.99. The fourth-order valence-electron chi connectivity index (χ4n) is 3.02. The summed E-state index contributed by atoms with van der Waals surface area (Å²) in [7, 11) is 0. The normalized spacial score (nSPS) is 10.5. The Bertz CT molecular complexity index is 1210. The molecule has 154 valence electrons. The Morgan fingerprint density at radius 1 is 1.00 bits per heavy atom. The van der Waals surface area contributed by atoms with Crippen LogP contribution in [0.15, 0.2) is 84.1 Å². The number of aromatic nitrogens is 3. The molecule has 0 aliphatic rings. The number of hydrogen-bond donors (Lipinski definition) is 2. The predicted octanol–water partition coefficient (Wildman–Crippen LogP) is 5.56. The fraction of sp³-hybridized carbons (Fsp3) is 0.0833. The summed E-state index contributed by atoms with van der Waals surface area (Å²) >= 11 is 1.60. The zero-order valence-electron chi connectivity index (χ0n) is 17.2. The molecule has 31 heavy (non-hydrogen) atoms. The maximum atomic E-state index is 12.7. The number of nitrogens with zero attached hydrogens (tertiary/aromatic N) is 3. The Morgan fingerprint density at radius 2 is 1.90 bits per heavy atom. The van der Waals surface area contributed by atoms with E-state index in [4.69, 9.17) is 0 Å². The van der Waals surface area contributed by atoms with Crippen molar-refractivity contribution in [1.82, 2.24) is 15.0 Å². The van der Waals surface area contributed by atoms with Gasteiger partial charge >= 0.3 is 0 Å². The number of amides is 1. The lowest BCUT2D eigenvalue weighted by atomic mass is 10.1. The van der Waals surface area contributed by atoms with Gasteiger partial charge in [-0.15, -0.1) is 11.8 Å². The number of nitrogens with one attached hydrogen (secondary N) is 2. The molecule has 0 radical (unpaired) electrons. The van der Waals surface area contributed by atoms with Crippen molar-refractivity contribution in [3.8, 4) is 11.3 Å². The van der Waals surface area contributed by atoms with Crippen molar-refractivity contribution in [2.45, 2.75) is 11.8 Å². The monoisotopic (exact) mass is 427 g/mol. The van der Waals surface area contributed by atoms with Crippen LogP contribution in [-0.2, 0) is 0 Å². The van der Waals surface area contributed by atoms with Gasteiger partial charge in [0, 0.05) is 46.0 Å². The SMILES string of the molecule is CSc1cccc(C(=O)Nc2ccc(C)c(Nc3nccc(-c4cccnc4)n3)c2)c1. The minimum Gasteiger partial charge on any atom is -0.324 e. The maximum absolute atomic E-state index is 12.7. The van der Waals surface area contributed by atoms with Crippen molar-refractivity contribution in [1.29, 1.82) is 0 Å². The van der Waals surface area contributed by atoms with Gasteiger partial charge in [0.2, 0.25) is 5.95 Å². The van der Waals surface area contributed by atoms with Crippen molar-refractivity contribution in [3.05, 3.63) is 90.4 Å². The van der Waals surface area contributed by atoms with E-state index in [2.05, 4.69) is 25.6 Å². The lowest BCUT2D eigenvalue weighted by Gasteiger charge is -2.12. The van der Waals surface area contributed by atoms with E-state index in [1.54, 1.807) is 36.4 Å². The highest BCUT2D eigenvalue weighted by Gasteiger charge is 2.10. The average Bonchev–Trinajstić information content (AvgIpc) is 2.82. The molecular weight excluding hydrogens is 406 g/mol. The highest BCUT2D eigenvalue weighted by molar-refractivity contribution is 7.98. The predicted molar refractivity (Wildman–Crippen MR) is 126 cm³/mol. The van der Waals surface area contributed by atoms with Crippen LogP contribution in [0.1, 0.15) is 15.9 Å². The van der Waals surface area contributed by atoms with Crippen LogP contribution in [0.5, 0.6) is 0 Å². The number of rotatable bonds is 6. The van der Waals surface area contributed by atoms with Gasteiger partial charge < -0.3 is 10.6 Å². The summed E-state index contributed by atoms with van der Waals surface area (Å²) in [6, 6.07) is 18.9. The van der Waals surface area contributed by atoms with E-state index >= 15 is 0 Å². The second-order valence-electron chi connectivity index (χ2n) is 6.85. The van der Waals surface area contributed by atoms with E-state index in [-0.39, 0.29) is 5.91 Å². The largest absolute Gasteiger partial charge is 0.324 e. The summed E-state index contributed by atoms with van der Waals surface area (Å²) in [5.74, 6) is 0.320.